The fourth-order valence-electron chi connectivity index (χ4n) is 1.70. The van der Waals surface area contributed by atoms with Gasteiger partial charge < -0.3 is 9.47 Å². The van der Waals surface area contributed by atoms with E-state index in [2.05, 4.69) is 0 Å². The number of rotatable bonds is 7. The third kappa shape index (κ3) is 4.69. The molecule has 0 radical (unpaired) electrons. The second kappa shape index (κ2) is 7.51. The first kappa shape index (κ1) is 15.1. The number of alkyl halides is 1. The molecule has 0 bridgehead atoms. The van der Waals surface area contributed by atoms with Crippen LogP contribution in [0.15, 0.2) is 24.3 Å². The lowest BCUT2D eigenvalue weighted by Crippen LogP contribution is -2.26. The quantitative estimate of drug-likeness (QED) is 0.562. The lowest BCUT2D eigenvalue weighted by molar-refractivity contribution is -0.151. The van der Waals surface area contributed by atoms with Crippen molar-refractivity contribution in [3.05, 3.63) is 29.8 Å². The standard InChI is InChI=1S/C14H17FO4/c1-3-18-14(17)13(10(2)16)8-11-5-4-6-12(7-11)19-9-15/h4-7,13H,3,8-9H2,1-2H3. The number of esters is 1. The van der Waals surface area contributed by atoms with E-state index in [0.717, 1.165) is 5.56 Å². The van der Waals surface area contributed by atoms with Crippen LogP contribution in [-0.2, 0) is 20.7 Å². The fraction of sp³-hybridized carbons (Fsp3) is 0.429. The summed E-state index contributed by atoms with van der Waals surface area (Å²) in [6.07, 6.45) is 0.220. The van der Waals surface area contributed by atoms with E-state index >= 15 is 0 Å². The van der Waals surface area contributed by atoms with Gasteiger partial charge in [0.05, 0.1) is 6.61 Å². The van der Waals surface area contributed by atoms with Crippen LogP contribution in [0.5, 0.6) is 5.75 Å². The summed E-state index contributed by atoms with van der Waals surface area (Å²) in [5.74, 6) is -1.26. The highest BCUT2D eigenvalue weighted by atomic mass is 19.1. The maximum atomic E-state index is 12.1. The summed E-state index contributed by atoms with van der Waals surface area (Å²) in [6.45, 7) is 2.35. The Morgan fingerprint density at radius 1 is 1.37 bits per heavy atom. The molecule has 1 rings (SSSR count). The minimum Gasteiger partial charge on any atom is -0.465 e. The first-order valence-electron chi connectivity index (χ1n) is 6.03. The molecule has 0 fully saturated rings. The molecule has 0 N–H and O–H groups in total. The fourth-order valence-corrected chi connectivity index (χ4v) is 1.70. The Hall–Kier alpha value is -1.91. The minimum atomic E-state index is -0.919. The third-order valence-electron chi connectivity index (χ3n) is 2.62. The average molecular weight is 268 g/mol. The number of ketones is 1. The Balaban J connectivity index is 2.81. The van der Waals surface area contributed by atoms with Gasteiger partial charge in [-0.2, -0.15) is 0 Å². The van der Waals surface area contributed by atoms with E-state index in [1.54, 1.807) is 31.2 Å². The van der Waals surface area contributed by atoms with Crippen molar-refractivity contribution in [3.63, 3.8) is 0 Å². The molecule has 0 amide bonds. The molecule has 1 unspecified atom stereocenters. The van der Waals surface area contributed by atoms with E-state index in [-0.39, 0.29) is 18.8 Å². The van der Waals surface area contributed by atoms with Crippen LogP contribution in [0.4, 0.5) is 4.39 Å². The topological polar surface area (TPSA) is 52.6 Å². The summed E-state index contributed by atoms with van der Waals surface area (Å²) < 4.78 is 21.7. The molecule has 1 aromatic rings. The molecule has 4 nitrogen and oxygen atoms in total. The molecule has 5 heteroatoms. The molecule has 0 aliphatic rings. The zero-order chi connectivity index (χ0) is 14.3. The molecule has 1 atom stereocenters. The molecular formula is C14H17FO4. The van der Waals surface area contributed by atoms with E-state index < -0.39 is 18.7 Å². The normalized spacial score (nSPS) is 11.7. The Bertz CT molecular complexity index is 445. The van der Waals surface area contributed by atoms with E-state index in [1.807, 2.05) is 0 Å². The molecule has 1 aromatic carbocycles. The highest BCUT2D eigenvalue weighted by molar-refractivity contribution is 5.98. The van der Waals surface area contributed by atoms with Gasteiger partial charge in [0.15, 0.2) is 0 Å². The molecule has 104 valence electrons. The van der Waals surface area contributed by atoms with Gasteiger partial charge in [0, 0.05) is 0 Å². The van der Waals surface area contributed by atoms with Gasteiger partial charge in [0.2, 0.25) is 6.86 Å². The number of hydrogen-bond acceptors (Lipinski definition) is 4. The number of carbonyl (C=O) groups is 2. The zero-order valence-electron chi connectivity index (χ0n) is 11.0. The number of ether oxygens (including phenoxy) is 2. The van der Waals surface area contributed by atoms with E-state index in [1.165, 1.54) is 6.92 Å². The van der Waals surface area contributed by atoms with Gasteiger partial charge in [-0.15, -0.1) is 0 Å². The van der Waals surface area contributed by atoms with E-state index in [4.69, 9.17) is 9.47 Å². The molecule has 0 spiro atoms. The van der Waals surface area contributed by atoms with Crippen LogP contribution in [0.25, 0.3) is 0 Å². The van der Waals surface area contributed by atoms with Gasteiger partial charge in [-0.1, -0.05) is 12.1 Å². The van der Waals surface area contributed by atoms with Crippen LogP contribution in [0.3, 0.4) is 0 Å². The average Bonchev–Trinajstić information content (AvgIpc) is 2.36. The summed E-state index contributed by atoms with van der Waals surface area (Å²) in [5.41, 5.74) is 0.721. The van der Waals surface area contributed by atoms with Crippen molar-refractivity contribution in [1.82, 2.24) is 0 Å². The lowest BCUT2D eigenvalue weighted by atomic mass is 9.96. The summed E-state index contributed by atoms with van der Waals surface area (Å²) >= 11 is 0. The van der Waals surface area contributed by atoms with Crippen LogP contribution in [0, 0.1) is 5.92 Å². The highest BCUT2D eigenvalue weighted by Gasteiger charge is 2.25. The van der Waals surface area contributed by atoms with Crippen LogP contribution in [-0.4, -0.2) is 25.2 Å². The second-order valence-electron chi connectivity index (χ2n) is 4.02. The van der Waals surface area contributed by atoms with Gasteiger partial charge in [0.25, 0.3) is 0 Å². The van der Waals surface area contributed by atoms with Crippen LogP contribution in [0.2, 0.25) is 0 Å². The maximum absolute atomic E-state index is 12.1. The predicted octanol–water partition coefficient (Wildman–Crippen LogP) is 2.30. The summed E-state index contributed by atoms with van der Waals surface area (Å²) in [5, 5.41) is 0. The zero-order valence-corrected chi connectivity index (χ0v) is 11.0. The molecule has 0 saturated carbocycles. The van der Waals surface area contributed by atoms with Gasteiger partial charge in [-0.25, -0.2) is 4.39 Å². The van der Waals surface area contributed by atoms with Gasteiger partial charge in [-0.05, 0) is 38.0 Å². The van der Waals surface area contributed by atoms with E-state index in [9.17, 15) is 14.0 Å². The number of benzene rings is 1. The smallest absolute Gasteiger partial charge is 0.316 e. The second-order valence-corrected chi connectivity index (χ2v) is 4.02. The van der Waals surface area contributed by atoms with Crippen molar-refractivity contribution in [3.8, 4) is 5.75 Å². The summed E-state index contributed by atoms with van der Waals surface area (Å²) in [6, 6.07) is 6.65. The number of carbonyl (C=O) groups excluding carboxylic acids is 2. The first-order chi connectivity index (χ1) is 9.08. The Labute approximate surface area is 111 Å². The molecular weight excluding hydrogens is 251 g/mol. The van der Waals surface area contributed by atoms with Crippen molar-refractivity contribution in [2.45, 2.75) is 20.3 Å². The van der Waals surface area contributed by atoms with Crippen molar-refractivity contribution in [1.29, 1.82) is 0 Å². The predicted molar refractivity (Wildman–Crippen MR) is 67.6 cm³/mol. The first-order valence-corrected chi connectivity index (χ1v) is 6.03. The van der Waals surface area contributed by atoms with E-state index in [0.29, 0.717) is 5.75 Å². The highest BCUT2D eigenvalue weighted by Crippen LogP contribution is 2.18. The van der Waals surface area contributed by atoms with Crippen LogP contribution < -0.4 is 4.74 Å². The SMILES string of the molecule is CCOC(=O)C(Cc1cccc(OCF)c1)C(C)=O. The number of halogens is 1. The summed E-state index contributed by atoms with van der Waals surface area (Å²) in [4.78, 5) is 23.1. The molecule has 19 heavy (non-hydrogen) atoms. The largest absolute Gasteiger partial charge is 0.465 e. The Morgan fingerprint density at radius 2 is 2.11 bits per heavy atom. The van der Waals surface area contributed by atoms with Gasteiger partial charge in [-0.3, -0.25) is 9.59 Å². The van der Waals surface area contributed by atoms with Crippen molar-refractivity contribution in [2.75, 3.05) is 13.5 Å². The molecule has 0 aromatic heterocycles. The Morgan fingerprint density at radius 3 is 2.68 bits per heavy atom. The Kier molecular flexibility index (Phi) is 5.99. The molecule has 0 aliphatic carbocycles. The monoisotopic (exact) mass is 268 g/mol. The van der Waals surface area contributed by atoms with Crippen molar-refractivity contribution < 1.29 is 23.5 Å². The summed E-state index contributed by atoms with van der Waals surface area (Å²) in [7, 11) is 0. The van der Waals surface area contributed by atoms with Crippen LogP contribution >= 0.6 is 0 Å². The maximum Gasteiger partial charge on any atom is 0.316 e. The lowest BCUT2D eigenvalue weighted by Gasteiger charge is -2.13. The van der Waals surface area contributed by atoms with Crippen molar-refractivity contribution in [2.24, 2.45) is 5.92 Å². The molecule has 0 aliphatic heterocycles. The number of hydrogen-bond donors (Lipinski definition) is 0. The van der Waals surface area contributed by atoms with Gasteiger partial charge >= 0.3 is 5.97 Å². The van der Waals surface area contributed by atoms with Crippen molar-refractivity contribution >= 4 is 11.8 Å². The third-order valence-corrected chi connectivity index (χ3v) is 2.62. The number of Topliss-reactive ketones (excluding diaryl/α,β-unsaturated/α-hetero) is 1. The minimum absolute atomic E-state index is 0.220. The molecule has 0 heterocycles. The molecule has 0 saturated heterocycles. The van der Waals surface area contributed by atoms with Gasteiger partial charge in [0.1, 0.15) is 17.5 Å². The van der Waals surface area contributed by atoms with Crippen LogP contribution in [0.1, 0.15) is 19.4 Å².